The van der Waals surface area contributed by atoms with Crippen LogP contribution < -0.4 is 0 Å². The van der Waals surface area contributed by atoms with Gasteiger partial charge in [0.15, 0.2) is 0 Å². The number of hydrogen-bond acceptors (Lipinski definition) is 5. The van der Waals surface area contributed by atoms with E-state index in [9.17, 15) is 9.59 Å². The molecule has 18 heavy (non-hydrogen) atoms. The van der Waals surface area contributed by atoms with Crippen molar-refractivity contribution in [2.75, 3.05) is 33.4 Å². The summed E-state index contributed by atoms with van der Waals surface area (Å²) in [5, 5.41) is 0. The van der Waals surface area contributed by atoms with Gasteiger partial charge in [0.05, 0.1) is 13.2 Å². The summed E-state index contributed by atoms with van der Waals surface area (Å²) in [6.45, 7) is 6.17. The molecule has 104 valence electrons. The first kappa shape index (κ1) is 15.0. The first-order chi connectivity index (χ1) is 8.56. The van der Waals surface area contributed by atoms with Crippen LogP contribution in [0.5, 0.6) is 0 Å². The highest BCUT2D eigenvalue weighted by Gasteiger charge is 2.32. The van der Waals surface area contributed by atoms with Gasteiger partial charge in [-0.1, -0.05) is 13.8 Å². The molecule has 1 fully saturated rings. The van der Waals surface area contributed by atoms with E-state index in [4.69, 9.17) is 9.47 Å². The van der Waals surface area contributed by atoms with Crippen LogP contribution in [0.3, 0.4) is 0 Å². The highest BCUT2D eigenvalue weighted by atomic mass is 16.5. The topological polar surface area (TPSA) is 55.8 Å². The minimum absolute atomic E-state index is 0.172. The van der Waals surface area contributed by atoms with Crippen LogP contribution in [0.15, 0.2) is 0 Å². The minimum atomic E-state index is -0.172. The lowest BCUT2D eigenvalue weighted by Gasteiger charge is -2.18. The smallest absolute Gasteiger partial charge is 0.305 e. The van der Waals surface area contributed by atoms with Crippen LogP contribution in [0.1, 0.15) is 26.7 Å². The average Bonchev–Trinajstić information content (AvgIpc) is 2.73. The first-order valence-corrected chi connectivity index (χ1v) is 6.56. The van der Waals surface area contributed by atoms with Crippen molar-refractivity contribution in [3.63, 3.8) is 0 Å². The molecule has 0 spiro atoms. The Bertz CT molecular complexity index is 265. The van der Waals surface area contributed by atoms with Crippen molar-refractivity contribution in [3.8, 4) is 0 Å². The standard InChI is InChI=1S/C13H23NO4/c1-4-12(15)17-8-10-6-14(3)7-11(10)9-18-13(16)5-2/h10-11H,4-9H2,1-3H3/t10-,11+. The zero-order chi connectivity index (χ0) is 13.5. The Kier molecular flexibility index (Phi) is 6.12. The lowest BCUT2D eigenvalue weighted by atomic mass is 9.98. The van der Waals surface area contributed by atoms with Crippen LogP contribution in [-0.4, -0.2) is 50.2 Å². The third-order valence-corrected chi connectivity index (χ3v) is 3.25. The first-order valence-electron chi connectivity index (χ1n) is 6.56. The number of hydrogen-bond donors (Lipinski definition) is 0. The van der Waals surface area contributed by atoms with Crippen LogP contribution in [0.2, 0.25) is 0 Å². The van der Waals surface area contributed by atoms with Gasteiger partial charge in [-0.05, 0) is 7.05 Å². The van der Waals surface area contributed by atoms with E-state index in [2.05, 4.69) is 4.90 Å². The largest absolute Gasteiger partial charge is 0.465 e. The van der Waals surface area contributed by atoms with E-state index < -0.39 is 0 Å². The Morgan fingerprint density at radius 1 is 1.00 bits per heavy atom. The van der Waals surface area contributed by atoms with Crippen LogP contribution in [0.4, 0.5) is 0 Å². The van der Waals surface area contributed by atoms with Gasteiger partial charge < -0.3 is 14.4 Å². The maximum absolute atomic E-state index is 11.1. The molecule has 0 bridgehead atoms. The van der Waals surface area contributed by atoms with E-state index in [0.717, 1.165) is 13.1 Å². The van der Waals surface area contributed by atoms with Crippen molar-refractivity contribution in [1.29, 1.82) is 0 Å². The summed E-state index contributed by atoms with van der Waals surface area (Å²) >= 11 is 0. The summed E-state index contributed by atoms with van der Waals surface area (Å²) in [6.07, 6.45) is 0.802. The van der Waals surface area contributed by atoms with Crippen molar-refractivity contribution < 1.29 is 19.1 Å². The van der Waals surface area contributed by atoms with Crippen LogP contribution >= 0.6 is 0 Å². The quantitative estimate of drug-likeness (QED) is 0.666. The second kappa shape index (κ2) is 7.36. The maximum Gasteiger partial charge on any atom is 0.305 e. The van der Waals surface area contributed by atoms with E-state index >= 15 is 0 Å². The van der Waals surface area contributed by atoms with Crippen LogP contribution in [0.25, 0.3) is 0 Å². The summed E-state index contributed by atoms with van der Waals surface area (Å²) in [4.78, 5) is 24.5. The van der Waals surface area contributed by atoms with Gasteiger partial charge in [0.25, 0.3) is 0 Å². The molecule has 0 radical (unpaired) electrons. The molecule has 0 N–H and O–H groups in total. The van der Waals surface area contributed by atoms with Crippen molar-refractivity contribution in [2.45, 2.75) is 26.7 Å². The summed E-state index contributed by atoms with van der Waals surface area (Å²) in [5.74, 6) is 0.174. The summed E-state index contributed by atoms with van der Waals surface area (Å²) < 4.78 is 10.4. The molecule has 0 aromatic rings. The fourth-order valence-electron chi connectivity index (χ4n) is 2.16. The van der Waals surface area contributed by atoms with Crippen molar-refractivity contribution in [2.24, 2.45) is 11.8 Å². The number of carbonyl (C=O) groups is 2. The summed E-state index contributed by atoms with van der Waals surface area (Å²) in [7, 11) is 2.02. The Morgan fingerprint density at radius 2 is 1.39 bits per heavy atom. The van der Waals surface area contributed by atoms with Gasteiger partial charge in [-0.25, -0.2) is 0 Å². The van der Waals surface area contributed by atoms with E-state index in [1.165, 1.54) is 0 Å². The highest BCUT2D eigenvalue weighted by Crippen LogP contribution is 2.23. The maximum atomic E-state index is 11.1. The molecule has 1 heterocycles. The Balaban J connectivity index is 2.38. The molecular formula is C13H23NO4. The van der Waals surface area contributed by atoms with Crippen molar-refractivity contribution in [3.05, 3.63) is 0 Å². The monoisotopic (exact) mass is 257 g/mol. The third kappa shape index (κ3) is 4.64. The molecule has 1 aliphatic rings. The SMILES string of the molecule is CCC(=O)OC[C@@H]1CN(C)C[C@@H]1COC(=O)CC. The Hall–Kier alpha value is -1.10. The number of esters is 2. The molecule has 0 aliphatic carbocycles. The fraction of sp³-hybridized carbons (Fsp3) is 0.846. The third-order valence-electron chi connectivity index (χ3n) is 3.25. The van der Waals surface area contributed by atoms with E-state index in [-0.39, 0.29) is 23.8 Å². The molecule has 5 nitrogen and oxygen atoms in total. The Morgan fingerprint density at radius 3 is 1.72 bits per heavy atom. The molecule has 0 amide bonds. The summed E-state index contributed by atoms with van der Waals surface area (Å²) in [6, 6.07) is 0. The van der Waals surface area contributed by atoms with E-state index in [1.54, 1.807) is 13.8 Å². The molecule has 0 saturated carbocycles. The molecular weight excluding hydrogens is 234 g/mol. The summed E-state index contributed by atoms with van der Waals surface area (Å²) in [5.41, 5.74) is 0. The van der Waals surface area contributed by atoms with Gasteiger partial charge in [0.1, 0.15) is 0 Å². The van der Waals surface area contributed by atoms with Gasteiger partial charge in [-0.3, -0.25) is 9.59 Å². The van der Waals surface area contributed by atoms with E-state index in [1.807, 2.05) is 7.05 Å². The van der Waals surface area contributed by atoms with Crippen molar-refractivity contribution in [1.82, 2.24) is 4.90 Å². The van der Waals surface area contributed by atoms with E-state index in [0.29, 0.717) is 26.1 Å². The van der Waals surface area contributed by atoms with Gasteiger partial charge in [-0.2, -0.15) is 0 Å². The van der Waals surface area contributed by atoms with Gasteiger partial charge >= 0.3 is 11.9 Å². The van der Waals surface area contributed by atoms with Crippen LogP contribution in [-0.2, 0) is 19.1 Å². The predicted molar refractivity (Wildman–Crippen MR) is 67.0 cm³/mol. The number of carbonyl (C=O) groups excluding carboxylic acids is 2. The lowest BCUT2D eigenvalue weighted by Crippen LogP contribution is -2.25. The number of rotatable bonds is 6. The second-order valence-corrected chi connectivity index (χ2v) is 4.81. The molecule has 1 saturated heterocycles. The number of ether oxygens (including phenoxy) is 2. The Labute approximate surface area is 108 Å². The predicted octanol–water partition coefficient (Wildman–Crippen LogP) is 1.07. The zero-order valence-electron chi connectivity index (χ0n) is 11.5. The average molecular weight is 257 g/mol. The lowest BCUT2D eigenvalue weighted by molar-refractivity contribution is -0.148. The fourth-order valence-corrected chi connectivity index (χ4v) is 2.16. The molecule has 1 rings (SSSR count). The molecule has 2 atom stereocenters. The molecule has 1 aliphatic heterocycles. The molecule has 5 heteroatoms. The minimum Gasteiger partial charge on any atom is -0.465 e. The number of likely N-dealkylation sites (tertiary alicyclic amines) is 1. The zero-order valence-corrected chi connectivity index (χ0v) is 11.5. The highest BCUT2D eigenvalue weighted by molar-refractivity contribution is 5.69. The molecule has 0 unspecified atom stereocenters. The normalized spacial score (nSPS) is 23.9. The molecule has 0 aromatic heterocycles. The van der Waals surface area contributed by atoms with Crippen molar-refractivity contribution >= 4 is 11.9 Å². The second-order valence-electron chi connectivity index (χ2n) is 4.81. The van der Waals surface area contributed by atoms with Crippen LogP contribution in [0, 0.1) is 11.8 Å². The number of nitrogens with zero attached hydrogens (tertiary/aromatic N) is 1. The van der Waals surface area contributed by atoms with Gasteiger partial charge in [0, 0.05) is 37.8 Å². The molecule has 0 aromatic carbocycles. The van der Waals surface area contributed by atoms with Gasteiger partial charge in [0.2, 0.25) is 0 Å². The van der Waals surface area contributed by atoms with Gasteiger partial charge in [-0.15, -0.1) is 0 Å².